The molecule has 1 saturated heterocycles. The Morgan fingerprint density at radius 2 is 1.59 bits per heavy atom. The predicted molar refractivity (Wildman–Crippen MR) is 112 cm³/mol. The van der Waals surface area contributed by atoms with E-state index in [0.29, 0.717) is 12.5 Å². The van der Waals surface area contributed by atoms with Gasteiger partial charge >= 0.3 is 0 Å². The van der Waals surface area contributed by atoms with E-state index in [1.54, 1.807) is 0 Å². The average Bonchev–Trinajstić information content (AvgIpc) is 3.15. The lowest BCUT2D eigenvalue weighted by atomic mass is 9.66. The van der Waals surface area contributed by atoms with E-state index < -0.39 is 22.2 Å². The van der Waals surface area contributed by atoms with E-state index >= 15 is 0 Å². The third kappa shape index (κ3) is 2.74. The van der Waals surface area contributed by atoms with Gasteiger partial charge in [-0.3, -0.25) is 4.79 Å². The Balaban J connectivity index is 1.83. The zero-order valence-electron chi connectivity index (χ0n) is 18.4. The topological polar surface area (TPSA) is 48.1 Å². The summed E-state index contributed by atoms with van der Waals surface area (Å²) >= 11 is 0. The number of carbonyl (C=O) groups excluding carboxylic acids is 1. The highest BCUT2D eigenvalue weighted by Gasteiger charge is 2.79. The van der Waals surface area contributed by atoms with Gasteiger partial charge in [-0.05, 0) is 68.7 Å². The lowest BCUT2D eigenvalue weighted by Gasteiger charge is -2.43. The molecule has 0 bridgehead atoms. The second-order valence-corrected chi connectivity index (χ2v) is 20.9. The number of hydrogen-bond acceptors (Lipinski definition) is 4. The van der Waals surface area contributed by atoms with Gasteiger partial charge in [0.25, 0.3) is 0 Å². The molecule has 0 N–H and O–H groups in total. The van der Waals surface area contributed by atoms with Gasteiger partial charge < -0.3 is 13.6 Å². The molecule has 3 aliphatic carbocycles. The Bertz CT molecular complexity index is 711. The lowest BCUT2D eigenvalue weighted by Crippen LogP contribution is -2.50. The van der Waals surface area contributed by atoms with Crippen LogP contribution in [-0.4, -0.2) is 46.8 Å². The molecular formula is C21H36O4Si2. The van der Waals surface area contributed by atoms with Crippen molar-refractivity contribution in [2.45, 2.75) is 84.3 Å². The van der Waals surface area contributed by atoms with Crippen LogP contribution in [0.25, 0.3) is 0 Å². The number of rotatable bonds is 4. The molecule has 1 heterocycles. The Hall–Kier alpha value is -0.276. The van der Waals surface area contributed by atoms with E-state index in [2.05, 4.69) is 60.1 Å². The van der Waals surface area contributed by atoms with Crippen LogP contribution < -0.4 is 0 Å². The molecule has 152 valence electrons. The molecule has 0 radical (unpaired) electrons. The van der Waals surface area contributed by atoms with Crippen molar-refractivity contribution in [3.05, 3.63) is 11.6 Å². The summed E-state index contributed by atoms with van der Waals surface area (Å²) in [7, 11) is -3.50. The Labute approximate surface area is 166 Å². The van der Waals surface area contributed by atoms with Gasteiger partial charge in [0, 0.05) is 11.3 Å². The molecule has 27 heavy (non-hydrogen) atoms. The zero-order valence-corrected chi connectivity index (χ0v) is 20.4. The van der Waals surface area contributed by atoms with E-state index in [1.165, 1.54) is 5.57 Å². The maximum absolute atomic E-state index is 13.0. The van der Waals surface area contributed by atoms with Crippen molar-refractivity contribution in [3.63, 3.8) is 0 Å². The fraction of sp³-hybridized carbons (Fsp3) is 0.857. The number of ether oxygens (including phenoxy) is 1. The molecule has 0 aromatic rings. The normalized spacial score (nSPS) is 45.2. The summed E-state index contributed by atoms with van der Waals surface area (Å²) in [5.41, 5.74) is 0.330. The highest BCUT2D eigenvalue weighted by atomic mass is 28.4. The predicted octanol–water partition coefficient (Wildman–Crippen LogP) is 4.39. The Morgan fingerprint density at radius 1 is 1.04 bits per heavy atom. The SMILES string of the molecule is CC1(C)C[C@H]2[C@@H]([C@H]1O[Si](C)(C)C)[C@@]1(C)C(=CC(=O)[C@@]13CO3)[C@H]2O[Si](C)(C)C. The van der Waals surface area contributed by atoms with Crippen LogP contribution in [0.4, 0.5) is 0 Å². The first kappa shape index (κ1) is 20.0. The van der Waals surface area contributed by atoms with Crippen LogP contribution in [0.2, 0.25) is 39.3 Å². The summed E-state index contributed by atoms with van der Waals surface area (Å²) in [5, 5.41) is 0. The van der Waals surface area contributed by atoms with Crippen LogP contribution in [0.3, 0.4) is 0 Å². The van der Waals surface area contributed by atoms with Crippen molar-refractivity contribution in [2.24, 2.45) is 22.7 Å². The van der Waals surface area contributed by atoms with Crippen molar-refractivity contribution < 1.29 is 18.4 Å². The standard InChI is InChI=1S/C21H36O4Si2/c1-19(2)11-13-16(18(19)25-27(7,8)9)20(3)14(17(13)24-26(4,5)6)10-15(22)21(20)12-23-21/h10,13,16-18H,11-12H2,1-9H3/t13-,16-,17-,18+,20+,21-/m0/s1. The second kappa shape index (κ2) is 5.45. The highest BCUT2D eigenvalue weighted by molar-refractivity contribution is 6.70. The molecule has 4 aliphatic rings. The first-order valence-electron chi connectivity index (χ1n) is 10.4. The molecule has 0 amide bonds. The van der Waals surface area contributed by atoms with E-state index in [1.807, 2.05) is 6.08 Å². The fourth-order valence-electron chi connectivity index (χ4n) is 6.21. The maximum atomic E-state index is 13.0. The molecular weight excluding hydrogens is 372 g/mol. The van der Waals surface area contributed by atoms with Crippen LogP contribution in [0.15, 0.2) is 11.6 Å². The summed E-state index contributed by atoms with van der Waals surface area (Å²) in [6.45, 7) is 21.0. The third-order valence-corrected chi connectivity index (χ3v) is 9.12. The lowest BCUT2D eigenvalue weighted by molar-refractivity contribution is -0.123. The van der Waals surface area contributed by atoms with Crippen LogP contribution in [0, 0.1) is 22.7 Å². The Morgan fingerprint density at radius 3 is 2.07 bits per heavy atom. The first-order valence-corrected chi connectivity index (χ1v) is 17.2. The largest absolute Gasteiger partial charge is 0.414 e. The van der Waals surface area contributed by atoms with E-state index in [0.717, 1.165) is 6.42 Å². The minimum atomic E-state index is -1.76. The van der Waals surface area contributed by atoms with E-state index in [9.17, 15) is 4.79 Å². The van der Waals surface area contributed by atoms with Crippen molar-refractivity contribution >= 4 is 22.4 Å². The number of carbonyl (C=O) groups is 1. The molecule has 3 fully saturated rings. The summed E-state index contributed by atoms with van der Waals surface area (Å²) < 4.78 is 19.5. The number of fused-ring (bicyclic) bond motifs is 4. The molecule has 2 saturated carbocycles. The van der Waals surface area contributed by atoms with Crippen LogP contribution in [0.5, 0.6) is 0 Å². The van der Waals surface area contributed by atoms with E-state index in [4.69, 9.17) is 13.6 Å². The zero-order chi connectivity index (χ0) is 20.2. The van der Waals surface area contributed by atoms with Crippen molar-refractivity contribution in [1.82, 2.24) is 0 Å². The summed E-state index contributed by atoms with van der Waals surface area (Å²) in [6, 6.07) is 0. The van der Waals surface area contributed by atoms with Crippen molar-refractivity contribution in [1.29, 1.82) is 0 Å². The van der Waals surface area contributed by atoms with Crippen molar-refractivity contribution in [3.8, 4) is 0 Å². The van der Waals surface area contributed by atoms with Crippen molar-refractivity contribution in [2.75, 3.05) is 6.61 Å². The second-order valence-electron chi connectivity index (χ2n) is 12.0. The molecule has 1 spiro atoms. The summed E-state index contributed by atoms with van der Waals surface area (Å²) in [6.07, 6.45) is 3.15. The number of epoxide rings is 1. The minimum absolute atomic E-state index is 0.0358. The minimum Gasteiger partial charge on any atom is -0.414 e. The summed E-state index contributed by atoms with van der Waals surface area (Å²) in [5.74, 6) is 0.832. The van der Waals surface area contributed by atoms with Gasteiger partial charge in [0.1, 0.15) is 0 Å². The molecule has 6 atom stereocenters. The molecule has 0 aromatic carbocycles. The molecule has 6 heteroatoms. The molecule has 4 rings (SSSR count). The summed E-state index contributed by atoms with van der Waals surface area (Å²) in [4.78, 5) is 13.0. The molecule has 0 aromatic heterocycles. The van der Waals surface area contributed by atoms with Gasteiger partial charge in [-0.25, -0.2) is 0 Å². The first-order chi connectivity index (χ1) is 12.1. The van der Waals surface area contributed by atoms with Gasteiger partial charge in [-0.15, -0.1) is 0 Å². The maximum Gasteiger partial charge on any atom is 0.190 e. The van der Waals surface area contributed by atoms with Gasteiger partial charge in [0.15, 0.2) is 28.0 Å². The fourth-order valence-corrected chi connectivity index (χ4v) is 8.51. The monoisotopic (exact) mass is 408 g/mol. The van der Waals surface area contributed by atoms with E-state index in [-0.39, 0.29) is 34.7 Å². The van der Waals surface area contributed by atoms with Crippen LogP contribution >= 0.6 is 0 Å². The van der Waals surface area contributed by atoms with Gasteiger partial charge in [-0.2, -0.15) is 0 Å². The van der Waals surface area contributed by atoms with Crippen LogP contribution in [0.1, 0.15) is 27.2 Å². The van der Waals surface area contributed by atoms with Gasteiger partial charge in [-0.1, -0.05) is 20.8 Å². The molecule has 1 aliphatic heterocycles. The Kier molecular flexibility index (Phi) is 4.04. The average molecular weight is 409 g/mol. The highest BCUT2D eigenvalue weighted by Crippen LogP contribution is 2.72. The van der Waals surface area contributed by atoms with Gasteiger partial charge in [0.2, 0.25) is 0 Å². The quantitative estimate of drug-likeness (QED) is 0.511. The smallest absolute Gasteiger partial charge is 0.190 e. The number of hydrogen-bond donors (Lipinski definition) is 0. The van der Waals surface area contributed by atoms with Gasteiger partial charge in [0.05, 0.1) is 18.8 Å². The number of ketones is 1. The third-order valence-electron chi connectivity index (χ3n) is 7.20. The molecule has 0 unspecified atom stereocenters. The molecule has 4 nitrogen and oxygen atoms in total. The van der Waals surface area contributed by atoms with Crippen LogP contribution in [-0.2, 0) is 18.4 Å².